The number of carbonyl (C=O) groups is 1. The SMILES string of the molecule is C=C/C(=C(\C=C)[C@H]1OC(CO)[C@@H](O)C(O)C1O)c1cccc(C(=O)NC)c1. The maximum absolute atomic E-state index is 11.9. The third-order valence-corrected chi connectivity index (χ3v) is 4.60. The zero-order valence-corrected chi connectivity index (χ0v) is 15.1. The zero-order chi connectivity index (χ0) is 20.1. The van der Waals surface area contributed by atoms with Crippen LogP contribution in [0.5, 0.6) is 0 Å². The molecule has 2 rings (SSSR count). The number of ether oxygens (including phenoxy) is 1. The largest absolute Gasteiger partial charge is 0.394 e. The van der Waals surface area contributed by atoms with Gasteiger partial charge in [-0.1, -0.05) is 37.4 Å². The Hall–Kier alpha value is -2.29. The lowest BCUT2D eigenvalue weighted by molar-refractivity contribution is -0.218. The minimum absolute atomic E-state index is 0.256. The summed E-state index contributed by atoms with van der Waals surface area (Å²) in [7, 11) is 1.53. The summed E-state index contributed by atoms with van der Waals surface area (Å²) in [6, 6.07) is 6.78. The van der Waals surface area contributed by atoms with Gasteiger partial charge in [0.05, 0.1) is 6.61 Å². The van der Waals surface area contributed by atoms with Gasteiger partial charge in [0.15, 0.2) is 0 Å². The standard InChI is InChI=1S/C20H25NO6/c1-4-13(11-7-6-8-12(9-11)20(26)21-3)14(5-2)19-18(25)17(24)16(23)15(10-22)27-19/h4-9,15-19,22-25H,1-2,10H2,3H3,(H,21,26)/b14-13-/t15?,16-,17?,18?,19-/m1/s1. The summed E-state index contributed by atoms with van der Waals surface area (Å²) in [6.07, 6.45) is -3.48. The molecule has 27 heavy (non-hydrogen) atoms. The molecule has 0 spiro atoms. The summed E-state index contributed by atoms with van der Waals surface area (Å²) in [6.45, 7) is 7.01. The van der Waals surface area contributed by atoms with Gasteiger partial charge < -0.3 is 30.5 Å². The van der Waals surface area contributed by atoms with Crippen LogP contribution in [-0.4, -0.2) is 70.5 Å². The van der Waals surface area contributed by atoms with Crippen molar-refractivity contribution in [3.05, 3.63) is 66.3 Å². The smallest absolute Gasteiger partial charge is 0.251 e. The van der Waals surface area contributed by atoms with Crippen LogP contribution in [0.3, 0.4) is 0 Å². The molecular formula is C20H25NO6. The summed E-state index contributed by atoms with van der Waals surface area (Å²) in [5.41, 5.74) is 2.03. The predicted molar refractivity (Wildman–Crippen MR) is 101 cm³/mol. The molecule has 146 valence electrons. The lowest BCUT2D eigenvalue weighted by atomic mass is 9.87. The van der Waals surface area contributed by atoms with E-state index in [0.717, 1.165) is 0 Å². The third kappa shape index (κ3) is 4.18. The average molecular weight is 375 g/mol. The van der Waals surface area contributed by atoms with Gasteiger partial charge in [-0.3, -0.25) is 4.79 Å². The van der Waals surface area contributed by atoms with Crippen molar-refractivity contribution in [2.75, 3.05) is 13.7 Å². The van der Waals surface area contributed by atoms with Crippen molar-refractivity contribution in [2.24, 2.45) is 0 Å². The molecule has 0 saturated carbocycles. The molecule has 5 N–H and O–H groups in total. The van der Waals surface area contributed by atoms with Crippen LogP contribution < -0.4 is 5.32 Å². The lowest BCUT2D eigenvalue weighted by Gasteiger charge is -2.41. The number of hydrogen-bond donors (Lipinski definition) is 5. The number of carbonyl (C=O) groups excluding carboxylic acids is 1. The van der Waals surface area contributed by atoms with E-state index in [9.17, 15) is 25.2 Å². The number of rotatable bonds is 6. The van der Waals surface area contributed by atoms with E-state index in [1.54, 1.807) is 24.3 Å². The molecule has 5 atom stereocenters. The van der Waals surface area contributed by atoms with Crippen molar-refractivity contribution >= 4 is 11.5 Å². The van der Waals surface area contributed by atoms with Gasteiger partial charge in [0.25, 0.3) is 5.91 Å². The minimum atomic E-state index is -1.50. The Labute approximate surface area is 157 Å². The number of allylic oxidation sites excluding steroid dienone is 2. The Morgan fingerprint density at radius 1 is 1.15 bits per heavy atom. The van der Waals surface area contributed by atoms with Crippen molar-refractivity contribution in [2.45, 2.75) is 30.5 Å². The molecule has 0 bridgehead atoms. The lowest BCUT2D eigenvalue weighted by Crippen LogP contribution is -2.58. The van der Waals surface area contributed by atoms with Crippen LogP contribution in [0.25, 0.3) is 5.57 Å². The molecule has 1 amide bonds. The molecule has 1 fully saturated rings. The second-order valence-corrected chi connectivity index (χ2v) is 6.19. The number of aliphatic hydroxyl groups is 4. The van der Waals surface area contributed by atoms with E-state index in [1.807, 2.05) is 0 Å². The van der Waals surface area contributed by atoms with Gasteiger partial charge in [-0.05, 0) is 28.8 Å². The first-order valence-electron chi connectivity index (χ1n) is 8.51. The van der Waals surface area contributed by atoms with Gasteiger partial charge in [-0.2, -0.15) is 0 Å². The fraction of sp³-hybridized carbons (Fsp3) is 0.350. The van der Waals surface area contributed by atoms with Gasteiger partial charge in [0.2, 0.25) is 0 Å². The second-order valence-electron chi connectivity index (χ2n) is 6.19. The molecule has 1 aromatic carbocycles. The molecule has 0 aliphatic carbocycles. The maximum atomic E-state index is 11.9. The number of amides is 1. The minimum Gasteiger partial charge on any atom is -0.394 e. The van der Waals surface area contributed by atoms with Crippen LogP contribution in [-0.2, 0) is 4.74 Å². The molecule has 1 aliphatic heterocycles. The molecule has 3 unspecified atom stereocenters. The van der Waals surface area contributed by atoms with Gasteiger partial charge in [0.1, 0.15) is 30.5 Å². The van der Waals surface area contributed by atoms with E-state index in [-0.39, 0.29) is 5.91 Å². The topological polar surface area (TPSA) is 119 Å². The van der Waals surface area contributed by atoms with Crippen LogP contribution in [0.15, 0.2) is 55.1 Å². The van der Waals surface area contributed by atoms with E-state index in [1.165, 1.54) is 19.2 Å². The van der Waals surface area contributed by atoms with E-state index in [4.69, 9.17) is 4.74 Å². The van der Waals surface area contributed by atoms with Crippen molar-refractivity contribution in [1.82, 2.24) is 5.32 Å². The predicted octanol–water partition coefficient (Wildman–Crippen LogP) is 0.0142. The molecule has 7 heteroatoms. The van der Waals surface area contributed by atoms with Crippen LogP contribution in [0, 0.1) is 0 Å². The summed E-state index contributed by atoms with van der Waals surface area (Å²) in [5, 5.41) is 42.4. The van der Waals surface area contributed by atoms with Crippen molar-refractivity contribution in [3.63, 3.8) is 0 Å². The Balaban J connectivity index is 2.53. The second kappa shape index (κ2) is 9.07. The summed E-state index contributed by atoms with van der Waals surface area (Å²) < 4.78 is 5.62. The first-order chi connectivity index (χ1) is 12.9. The van der Waals surface area contributed by atoms with E-state index >= 15 is 0 Å². The Morgan fingerprint density at radius 2 is 1.81 bits per heavy atom. The molecule has 0 aromatic heterocycles. The number of nitrogens with one attached hydrogen (secondary N) is 1. The Bertz CT molecular complexity index is 742. The van der Waals surface area contributed by atoms with Crippen molar-refractivity contribution in [3.8, 4) is 0 Å². The van der Waals surface area contributed by atoms with Crippen molar-refractivity contribution in [1.29, 1.82) is 0 Å². The fourth-order valence-corrected chi connectivity index (χ4v) is 3.11. The first-order valence-corrected chi connectivity index (χ1v) is 8.51. The van der Waals surface area contributed by atoms with Gasteiger partial charge in [-0.25, -0.2) is 0 Å². The highest BCUT2D eigenvalue weighted by Gasteiger charge is 2.44. The summed E-state index contributed by atoms with van der Waals surface area (Å²) >= 11 is 0. The number of benzene rings is 1. The highest BCUT2D eigenvalue weighted by molar-refractivity contribution is 5.95. The average Bonchev–Trinajstić information content (AvgIpc) is 2.70. The van der Waals surface area contributed by atoms with Crippen LogP contribution in [0.1, 0.15) is 15.9 Å². The molecule has 1 saturated heterocycles. The Kier molecular flexibility index (Phi) is 7.06. The van der Waals surface area contributed by atoms with E-state index in [2.05, 4.69) is 18.5 Å². The summed E-state index contributed by atoms with van der Waals surface area (Å²) in [5.74, 6) is -0.256. The van der Waals surface area contributed by atoms with Crippen LogP contribution >= 0.6 is 0 Å². The van der Waals surface area contributed by atoms with Gasteiger partial charge in [-0.15, -0.1) is 0 Å². The van der Waals surface area contributed by atoms with E-state index < -0.39 is 37.1 Å². The molecule has 0 radical (unpaired) electrons. The monoisotopic (exact) mass is 375 g/mol. The number of hydrogen-bond acceptors (Lipinski definition) is 6. The normalized spacial score (nSPS) is 28.9. The molecule has 7 nitrogen and oxygen atoms in total. The first kappa shape index (κ1) is 21.0. The van der Waals surface area contributed by atoms with Crippen LogP contribution in [0.4, 0.5) is 0 Å². The van der Waals surface area contributed by atoms with E-state index in [0.29, 0.717) is 22.3 Å². The van der Waals surface area contributed by atoms with Crippen LogP contribution in [0.2, 0.25) is 0 Å². The maximum Gasteiger partial charge on any atom is 0.251 e. The molecule has 1 heterocycles. The highest BCUT2D eigenvalue weighted by Crippen LogP contribution is 2.32. The van der Waals surface area contributed by atoms with Crippen molar-refractivity contribution < 1.29 is 30.0 Å². The molecule has 1 aliphatic rings. The molecular weight excluding hydrogens is 350 g/mol. The van der Waals surface area contributed by atoms with Gasteiger partial charge >= 0.3 is 0 Å². The number of aliphatic hydroxyl groups excluding tert-OH is 4. The highest BCUT2D eigenvalue weighted by atomic mass is 16.5. The Morgan fingerprint density at radius 3 is 2.37 bits per heavy atom. The zero-order valence-electron chi connectivity index (χ0n) is 15.1. The molecule has 1 aromatic rings. The third-order valence-electron chi connectivity index (χ3n) is 4.60. The fourth-order valence-electron chi connectivity index (χ4n) is 3.11. The summed E-state index contributed by atoms with van der Waals surface area (Å²) in [4.78, 5) is 11.9. The van der Waals surface area contributed by atoms with Gasteiger partial charge in [0, 0.05) is 12.6 Å². The quantitative estimate of drug-likeness (QED) is 0.447.